The van der Waals surface area contributed by atoms with Crippen molar-refractivity contribution in [2.24, 2.45) is 0 Å². The quantitative estimate of drug-likeness (QED) is 0.826. The Balaban J connectivity index is 2.14. The highest BCUT2D eigenvalue weighted by molar-refractivity contribution is 5.95. The Labute approximate surface area is 119 Å². The summed E-state index contributed by atoms with van der Waals surface area (Å²) >= 11 is 0. The first-order valence-electron chi connectivity index (χ1n) is 6.83. The molecule has 4 heteroatoms. The van der Waals surface area contributed by atoms with Crippen LogP contribution in [0.3, 0.4) is 0 Å². The molecule has 1 amide bonds. The van der Waals surface area contributed by atoms with Crippen molar-refractivity contribution in [2.45, 2.75) is 32.3 Å². The third kappa shape index (κ3) is 3.83. The summed E-state index contributed by atoms with van der Waals surface area (Å²) in [4.78, 5) is 12.1. The molecular formula is C16H19NO3. The van der Waals surface area contributed by atoms with E-state index in [1.165, 1.54) is 0 Å². The molecule has 1 saturated heterocycles. The number of anilines is 1. The highest BCUT2D eigenvalue weighted by Crippen LogP contribution is 2.19. The van der Waals surface area contributed by atoms with Gasteiger partial charge in [-0.3, -0.25) is 4.79 Å². The minimum absolute atomic E-state index is 0.0381. The van der Waals surface area contributed by atoms with E-state index >= 15 is 0 Å². The predicted molar refractivity (Wildman–Crippen MR) is 77.4 cm³/mol. The minimum Gasteiger partial charge on any atom is -0.395 e. The average molecular weight is 273 g/mol. The Bertz CT molecular complexity index is 536. The van der Waals surface area contributed by atoms with Crippen LogP contribution in [0.15, 0.2) is 18.2 Å². The molecule has 1 aliphatic heterocycles. The van der Waals surface area contributed by atoms with Crippen LogP contribution in [-0.4, -0.2) is 30.3 Å². The van der Waals surface area contributed by atoms with Gasteiger partial charge in [0, 0.05) is 18.6 Å². The van der Waals surface area contributed by atoms with Crippen LogP contribution in [0.25, 0.3) is 0 Å². The zero-order valence-electron chi connectivity index (χ0n) is 11.6. The highest BCUT2D eigenvalue weighted by Gasteiger charge is 2.23. The first-order valence-corrected chi connectivity index (χ1v) is 6.83. The summed E-state index contributed by atoms with van der Waals surface area (Å²) in [6.45, 7) is 2.66. The molecule has 0 spiro atoms. The number of carbonyl (C=O) groups is 1. The van der Waals surface area contributed by atoms with Crippen molar-refractivity contribution in [1.29, 1.82) is 0 Å². The molecule has 4 nitrogen and oxygen atoms in total. The molecule has 0 radical (unpaired) electrons. The molecule has 106 valence electrons. The molecule has 1 aromatic carbocycles. The molecule has 1 heterocycles. The van der Waals surface area contributed by atoms with Crippen molar-refractivity contribution in [1.82, 2.24) is 0 Å². The van der Waals surface area contributed by atoms with E-state index in [1.807, 2.05) is 25.1 Å². The van der Waals surface area contributed by atoms with Gasteiger partial charge in [-0.25, -0.2) is 0 Å². The van der Waals surface area contributed by atoms with Crippen molar-refractivity contribution in [3.63, 3.8) is 0 Å². The summed E-state index contributed by atoms with van der Waals surface area (Å²) in [7, 11) is 0. The molecule has 1 fully saturated rings. The van der Waals surface area contributed by atoms with Gasteiger partial charge in [-0.05, 0) is 37.5 Å². The van der Waals surface area contributed by atoms with Crippen molar-refractivity contribution < 1.29 is 14.6 Å². The lowest BCUT2D eigenvalue weighted by Gasteiger charge is -2.12. The lowest BCUT2D eigenvalue weighted by molar-refractivity contribution is -0.124. The van der Waals surface area contributed by atoms with Crippen LogP contribution in [0.1, 0.15) is 30.4 Å². The van der Waals surface area contributed by atoms with Crippen LogP contribution in [0.2, 0.25) is 0 Å². The summed E-state index contributed by atoms with van der Waals surface area (Å²) < 4.78 is 5.37. The number of aliphatic hydroxyl groups is 1. The maximum Gasteiger partial charge on any atom is 0.253 e. The van der Waals surface area contributed by atoms with Gasteiger partial charge < -0.3 is 15.2 Å². The third-order valence-corrected chi connectivity index (χ3v) is 3.11. The van der Waals surface area contributed by atoms with E-state index < -0.39 is 0 Å². The number of hydrogen-bond acceptors (Lipinski definition) is 3. The summed E-state index contributed by atoms with van der Waals surface area (Å²) in [5.41, 5.74) is 2.54. The zero-order chi connectivity index (χ0) is 14.4. The first kappa shape index (κ1) is 14.6. The molecule has 0 aromatic heterocycles. The molecule has 20 heavy (non-hydrogen) atoms. The highest BCUT2D eigenvalue weighted by atomic mass is 16.5. The van der Waals surface area contributed by atoms with E-state index in [0.717, 1.165) is 24.0 Å². The van der Waals surface area contributed by atoms with Crippen LogP contribution >= 0.6 is 0 Å². The normalized spacial score (nSPS) is 17.4. The van der Waals surface area contributed by atoms with Gasteiger partial charge in [0.1, 0.15) is 6.10 Å². The number of benzene rings is 1. The number of nitrogens with one attached hydrogen (secondary N) is 1. The van der Waals surface area contributed by atoms with Crippen LogP contribution in [-0.2, 0) is 9.53 Å². The number of hydrogen-bond donors (Lipinski definition) is 2. The fourth-order valence-corrected chi connectivity index (χ4v) is 2.08. The third-order valence-electron chi connectivity index (χ3n) is 3.11. The van der Waals surface area contributed by atoms with E-state index in [4.69, 9.17) is 9.84 Å². The van der Waals surface area contributed by atoms with E-state index in [1.54, 1.807) is 0 Å². The van der Waals surface area contributed by atoms with E-state index in [-0.39, 0.29) is 18.6 Å². The number of aryl methyl sites for hydroxylation is 1. The lowest BCUT2D eigenvalue weighted by atomic mass is 10.1. The molecular weight excluding hydrogens is 254 g/mol. The van der Waals surface area contributed by atoms with Gasteiger partial charge >= 0.3 is 0 Å². The molecule has 2 rings (SSSR count). The van der Waals surface area contributed by atoms with Crippen LogP contribution in [0.4, 0.5) is 5.69 Å². The average Bonchev–Trinajstić information content (AvgIpc) is 2.96. The number of aliphatic hydroxyl groups excluding tert-OH is 1. The van der Waals surface area contributed by atoms with Crippen LogP contribution in [0, 0.1) is 18.8 Å². The number of rotatable bonds is 3. The Morgan fingerprint density at radius 2 is 2.40 bits per heavy atom. The zero-order valence-corrected chi connectivity index (χ0v) is 11.6. The fraction of sp³-hybridized carbons (Fsp3) is 0.438. The van der Waals surface area contributed by atoms with Gasteiger partial charge in [-0.15, -0.1) is 0 Å². The van der Waals surface area contributed by atoms with Gasteiger partial charge in [-0.1, -0.05) is 17.9 Å². The van der Waals surface area contributed by atoms with Crippen molar-refractivity contribution in [3.8, 4) is 11.8 Å². The number of ether oxygens (including phenoxy) is 1. The summed E-state index contributed by atoms with van der Waals surface area (Å²) in [5.74, 6) is 5.75. The van der Waals surface area contributed by atoms with Crippen molar-refractivity contribution in [2.75, 3.05) is 18.5 Å². The fourth-order valence-electron chi connectivity index (χ4n) is 2.08. The maximum atomic E-state index is 12.1. The second-order valence-corrected chi connectivity index (χ2v) is 4.82. The van der Waals surface area contributed by atoms with E-state index in [0.29, 0.717) is 18.7 Å². The molecule has 0 bridgehead atoms. The Hall–Kier alpha value is -1.83. The van der Waals surface area contributed by atoms with Crippen LogP contribution in [0.5, 0.6) is 0 Å². The van der Waals surface area contributed by atoms with Gasteiger partial charge in [0.25, 0.3) is 5.91 Å². The summed E-state index contributed by atoms with van der Waals surface area (Å²) in [6.07, 6.45) is 1.76. The predicted octanol–water partition coefficient (Wildman–Crippen LogP) is 1.85. The monoisotopic (exact) mass is 273 g/mol. The molecule has 1 atom stereocenters. The smallest absolute Gasteiger partial charge is 0.253 e. The topological polar surface area (TPSA) is 58.6 Å². The largest absolute Gasteiger partial charge is 0.395 e. The van der Waals surface area contributed by atoms with Crippen molar-refractivity contribution in [3.05, 3.63) is 29.3 Å². The van der Waals surface area contributed by atoms with Gasteiger partial charge in [-0.2, -0.15) is 0 Å². The Morgan fingerprint density at radius 3 is 3.10 bits per heavy atom. The lowest BCUT2D eigenvalue weighted by Crippen LogP contribution is -2.27. The van der Waals surface area contributed by atoms with E-state index in [2.05, 4.69) is 17.2 Å². The maximum absolute atomic E-state index is 12.1. The minimum atomic E-state index is -0.352. The number of amides is 1. The first-order chi connectivity index (χ1) is 9.70. The van der Waals surface area contributed by atoms with Crippen molar-refractivity contribution >= 4 is 11.6 Å². The van der Waals surface area contributed by atoms with Gasteiger partial charge in [0.05, 0.1) is 12.3 Å². The second kappa shape index (κ2) is 7.09. The standard InChI is InChI=1S/C16H19NO3/c1-12-7-8-14(13(11-12)5-2-3-9-18)17-16(19)15-6-4-10-20-15/h7-8,11,15,18H,3-4,6,9-10H2,1H3,(H,17,19). The molecule has 1 aromatic rings. The molecule has 0 aliphatic carbocycles. The SMILES string of the molecule is Cc1ccc(NC(=O)C2CCCO2)c(C#CCCO)c1. The van der Waals surface area contributed by atoms with Crippen LogP contribution < -0.4 is 5.32 Å². The Morgan fingerprint density at radius 1 is 1.55 bits per heavy atom. The summed E-state index contributed by atoms with van der Waals surface area (Å²) in [6, 6.07) is 5.71. The number of carbonyl (C=O) groups excluding carboxylic acids is 1. The molecule has 1 unspecified atom stereocenters. The summed E-state index contributed by atoms with van der Waals surface area (Å²) in [5, 5.41) is 11.6. The molecule has 0 saturated carbocycles. The van der Waals surface area contributed by atoms with Gasteiger partial charge in [0.2, 0.25) is 0 Å². The molecule has 1 aliphatic rings. The second-order valence-electron chi connectivity index (χ2n) is 4.82. The van der Waals surface area contributed by atoms with E-state index in [9.17, 15) is 4.79 Å². The van der Waals surface area contributed by atoms with Gasteiger partial charge in [0.15, 0.2) is 0 Å². The Kier molecular flexibility index (Phi) is 5.16. The molecule has 2 N–H and O–H groups in total.